The van der Waals surface area contributed by atoms with Crippen molar-refractivity contribution in [1.29, 1.82) is 0 Å². The van der Waals surface area contributed by atoms with Gasteiger partial charge in [0.1, 0.15) is 18.5 Å². The van der Waals surface area contributed by atoms with Gasteiger partial charge in [0.05, 0.1) is 11.5 Å². The maximum absolute atomic E-state index is 11.9. The van der Waals surface area contributed by atoms with Gasteiger partial charge in [-0.2, -0.15) is 0 Å². The Morgan fingerprint density at radius 2 is 2.05 bits per heavy atom. The van der Waals surface area contributed by atoms with E-state index in [1.165, 1.54) is 0 Å². The highest BCUT2D eigenvalue weighted by atomic mass is 32.2. The lowest BCUT2D eigenvalue weighted by Crippen LogP contribution is -2.29. The summed E-state index contributed by atoms with van der Waals surface area (Å²) >= 11 is 0. The highest BCUT2D eigenvalue weighted by Crippen LogP contribution is 2.14. The summed E-state index contributed by atoms with van der Waals surface area (Å²) in [6.07, 6.45) is -0.224. The Bertz CT molecular complexity index is 530. The third-order valence-corrected chi connectivity index (χ3v) is 5.23. The fourth-order valence-corrected chi connectivity index (χ4v) is 3.84. The number of nitrogens with two attached hydrogens (primary N) is 1. The van der Waals surface area contributed by atoms with Gasteiger partial charge in [0.2, 0.25) is 0 Å². The van der Waals surface area contributed by atoms with E-state index in [1.807, 2.05) is 26.0 Å². The third kappa shape index (κ3) is 6.93. The monoisotopic (exact) mass is 315 g/mol. The van der Waals surface area contributed by atoms with Crippen molar-refractivity contribution in [3.05, 3.63) is 29.8 Å². The van der Waals surface area contributed by atoms with E-state index >= 15 is 0 Å². The molecule has 1 aromatic rings. The van der Waals surface area contributed by atoms with Crippen LogP contribution in [0.15, 0.2) is 24.3 Å². The molecule has 5 nitrogen and oxygen atoms in total. The van der Waals surface area contributed by atoms with Crippen molar-refractivity contribution in [2.75, 3.05) is 18.1 Å². The molecule has 0 heterocycles. The predicted octanol–water partition coefficient (Wildman–Crippen LogP) is 1.35. The van der Waals surface area contributed by atoms with Gasteiger partial charge in [0.15, 0.2) is 9.84 Å². The molecule has 2 unspecified atom stereocenters. The zero-order chi connectivity index (χ0) is 15.9. The van der Waals surface area contributed by atoms with Crippen molar-refractivity contribution in [3.8, 4) is 5.75 Å². The van der Waals surface area contributed by atoms with Gasteiger partial charge in [0.25, 0.3) is 0 Å². The van der Waals surface area contributed by atoms with Crippen molar-refractivity contribution in [1.82, 2.24) is 0 Å². The maximum atomic E-state index is 11.9. The molecule has 0 bridgehead atoms. The van der Waals surface area contributed by atoms with E-state index in [0.29, 0.717) is 12.3 Å². The van der Waals surface area contributed by atoms with E-state index in [0.717, 1.165) is 12.0 Å². The molecule has 0 radical (unpaired) electrons. The molecule has 0 fully saturated rings. The molecule has 1 rings (SSSR count). The summed E-state index contributed by atoms with van der Waals surface area (Å²) in [5, 5.41) is 9.83. The van der Waals surface area contributed by atoms with E-state index in [1.54, 1.807) is 12.1 Å². The maximum Gasteiger partial charge on any atom is 0.153 e. The van der Waals surface area contributed by atoms with Crippen LogP contribution in [0, 0.1) is 5.92 Å². The van der Waals surface area contributed by atoms with Gasteiger partial charge in [-0.15, -0.1) is 0 Å². The van der Waals surface area contributed by atoms with E-state index in [4.69, 9.17) is 10.5 Å². The molecule has 0 amide bonds. The quantitative estimate of drug-likeness (QED) is 0.718. The van der Waals surface area contributed by atoms with Gasteiger partial charge in [-0.05, 0) is 23.6 Å². The predicted molar refractivity (Wildman–Crippen MR) is 83.9 cm³/mol. The van der Waals surface area contributed by atoms with Gasteiger partial charge in [-0.3, -0.25) is 0 Å². The van der Waals surface area contributed by atoms with Crippen LogP contribution in [-0.2, 0) is 16.4 Å². The molecule has 2 atom stereocenters. The minimum Gasteiger partial charge on any atom is -0.491 e. The zero-order valence-electron chi connectivity index (χ0n) is 12.7. The van der Waals surface area contributed by atoms with Crippen molar-refractivity contribution in [2.24, 2.45) is 11.7 Å². The van der Waals surface area contributed by atoms with Gasteiger partial charge in [-0.1, -0.05) is 32.4 Å². The summed E-state index contributed by atoms with van der Waals surface area (Å²) in [6.45, 7) is 4.19. The second-order valence-electron chi connectivity index (χ2n) is 5.41. The molecule has 0 spiro atoms. The molecule has 0 aromatic heterocycles. The molecule has 0 saturated carbocycles. The Morgan fingerprint density at radius 3 is 2.67 bits per heavy atom. The average molecular weight is 315 g/mol. The van der Waals surface area contributed by atoms with Crippen LogP contribution >= 0.6 is 0 Å². The number of hydrogen-bond acceptors (Lipinski definition) is 5. The molecule has 3 N–H and O–H groups in total. The fraction of sp³-hybridized carbons (Fsp3) is 0.600. The molecule has 6 heteroatoms. The fourth-order valence-electron chi connectivity index (χ4n) is 1.92. The minimum absolute atomic E-state index is 0.0479. The van der Waals surface area contributed by atoms with Crippen LogP contribution in [-0.4, -0.2) is 37.7 Å². The molecule has 0 aliphatic carbocycles. The molecular formula is C15H25NO4S. The van der Waals surface area contributed by atoms with E-state index in [9.17, 15) is 13.5 Å². The smallest absolute Gasteiger partial charge is 0.153 e. The Balaban J connectivity index is 2.48. The summed E-state index contributed by atoms with van der Waals surface area (Å²) in [5.74, 6) is 0.512. The third-order valence-electron chi connectivity index (χ3n) is 3.26. The van der Waals surface area contributed by atoms with Crippen LogP contribution in [0.3, 0.4) is 0 Å². The number of aliphatic hydroxyl groups is 1. The number of sulfone groups is 1. The molecule has 0 aliphatic rings. The summed E-state index contributed by atoms with van der Waals surface area (Å²) in [5.41, 5.74) is 6.46. The van der Waals surface area contributed by atoms with Crippen molar-refractivity contribution in [2.45, 2.75) is 32.9 Å². The number of rotatable bonds is 9. The zero-order valence-corrected chi connectivity index (χ0v) is 13.5. The first-order valence-electron chi connectivity index (χ1n) is 7.16. The van der Waals surface area contributed by atoms with Crippen LogP contribution in [0.5, 0.6) is 5.75 Å². The van der Waals surface area contributed by atoms with Gasteiger partial charge in [0, 0.05) is 6.54 Å². The van der Waals surface area contributed by atoms with Crippen LogP contribution < -0.4 is 10.5 Å². The number of aliphatic hydroxyl groups excluding tert-OH is 1. The lowest BCUT2D eigenvalue weighted by molar-refractivity contribution is 0.124. The van der Waals surface area contributed by atoms with Crippen molar-refractivity contribution in [3.63, 3.8) is 0 Å². The standard InChI is InChI=1S/C15H25NO4S/c1-3-12(2)10-21(18,19)11-14(17)9-20-15-6-4-5-13(7-15)8-16/h4-7,12,14,17H,3,8-11,16H2,1-2H3. The highest BCUT2D eigenvalue weighted by Gasteiger charge is 2.20. The Labute approximate surface area is 127 Å². The number of hydrogen-bond donors (Lipinski definition) is 2. The average Bonchev–Trinajstić information content (AvgIpc) is 2.44. The molecule has 0 aliphatic heterocycles. The first kappa shape index (κ1) is 17.9. The SMILES string of the molecule is CCC(C)CS(=O)(=O)CC(O)COc1cccc(CN)c1. The van der Waals surface area contributed by atoms with Crippen LogP contribution in [0.4, 0.5) is 0 Å². The second-order valence-corrected chi connectivity index (χ2v) is 7.56. The summed E-state index contributed by atoms with van der Waals surface area (Å²) < 4.78 is 29.2. The van der Waals surface area contributed by atoms with Gasteiger partial charge in [-0.25, -0.2) is 8.42 Å². The van der Waals surface area contributed by atoms with Crippen LogP contribution in [0.1, 0.15) is 25.8 Å². The van der Waals surface area contributed by atoms with Crippen molar-refractivity contribution < 1.29 is 18.3 Å². The van der Waals surface area contributed by atoms with Crippen LogP contribution in [0.2, 0.25) is 0 Å². The van der Waals surface area contributed by atoms with E-state index in [-0.39, 0.29) is 24.0 Å². The Hall–Kier alpha value is -1.11. The Kier molecular flexibility index (Phi) is 7.14. The van der Waals surface area contributed by atoms with Crippen LogP contribution in [0.25, 0.3) is 0 Å². The van der Waals surface area contributed by atoms with E-state index in [2.05, 4.69) is 0 Å². The first-order chi connectivity index (χ1) is 9.86. The van der Waals surface area contributed by atoms with E-state index < -0.39 is 15.9 Å². The van der Waals surface area contributed by atoms with Gasteiger partial charge >= 0.3 is 0 Å². The lowest BCUT2D eigenvalue weighted by atomic mass is 10.2. The highest BCUT2D eigenvalue weighted by molar-refractivity contribution is 7.91. The van der Waals surface area contributed by atoms with Gasteiger partial charge < -0.3 is 15.6 Å². The van der Waals surface area contributed by atoms with Crippen molar-refractivity contribution >= 4 is 9.84 Å². The summed E-state index contributed by atoms with van der Waals surface area (Å²) in [6, 6.07) is 7.21. The molecule has 21 heavy (non-hydrogen) atoms. The molecule has 0 saturated heterocycles. The largest absolute Gasteiger partial charge is 0.491 e. The summed E-state index contributed by atoms with van der Waals surface area (Å²) in [4.78, 5) is 0. The normalized spacial score (nSPS) is 14.7. The molecule has 120 valence electrons. The first-order valence-corrected chi connectivity index (χ1v) is 8.98. The number of ether oxygens (including phenoxy) is 1. The topological polar surface area (TPSA) is 89.6 Å². The lowest BCUT2D eigenvalue weighted by Gasteiger charge is -2.15. The molecule has 1 aromatic carbocycles. The second kappa shape index (κ2) is 8.36. The number of benzene rings is 1. The minimum atomic E-state index is -3.26. The summed E-state index contributed by atoms with van der Waals surface area (Å²) in [7, 11) is -3.26. The Morgan fingerprint density at radius 1 is 1.33 bits per heavy atom. The molecular weight excluding hydrogens is 290 g/mol.